The minimum Gasteiger partial charge on any atom is -0.356 e. The van der Waals surface area contributed by atoms with Gasteiger partial charge in [-0.3, -0.25) is 0 Å². The number of benzene rings is 1. The largest absolute Gasteiger partial charge is 0.356 e. The van der Waals surface area contributed by atoms with Crippen molar-refractivity contribution in [1.29, 1.82) is 0 Å². The van der Waals surface area contributed by atoms with E-state index >= 15 is 0 Å². The molecule has 1 aromatic carbocycles. The molecule has 0 spiro atoms. The number of fused-ring (bicyclic) bond motifs is 1. The van der Waals surface area contributed by atoms with Crippen molar-refractivity contribution in [3.63, 3.8) is 0 Å². The van der Waals surface area contributed by atoms with Gasteiger partial charge in [0.25, 0.3) is 0 Å². The summed E-state index contributed by atoms with van der Waals surface area (Å²) in [6.45, 7) is 3.14. The molecule has 3 rings (SSSR count). The molecule has 1 aliphatic carbocycles. The van der Waals surface area contributed by atoms with E-state index in [1.165, 1.54) is 32.1 Å². The van der Waals surface area contributed by atoms with Crippen molar-refractivity contribution >= 4 is 22.5 Å². The predicted molar refractivity (Wildman–Crippen MR) is 86.2 cm³/mol. The molecule has 108 valence electrons. The van der Waals surface area contributed by atoms with E-state index in [-0.39, 0.29) is 0 Å². The fourth-order valence-corrected chi connectivity index (χ4v) is 3.63. The molecular formula is C17H23ClN2. The number of halogens is 1. The maximum Gasteiger partial charge on any atom is 0.0705 e. The van der Waals surface area contributed by atoms with Gasteiger partial charge in [-0.1, -0.05) is 49.1 Å². The second-order valence-corrected chi connectivity index (χ2v) is 6.41. The number of aromatic amines is 1. The normalized spacial score (nSPS) is 18.5. The van der Waals surface area contributed by atoms with Crippen LogP contribution in [0, 0.1) is 5.92 Å². The molecule has 0 amide bonds. The van der Waals surface area contributed by atoms with Gasteiger partial charge in [0.2, 0.25) is 0 Å². The predicted octanol–water partition coefficient (Wildman–Crippen LogP) is 4.88. The summed E-state index contributed by atoms with van der Waals surface area (Å²) in [4.78, 5) is 3.43. The van der Waals surface area contributed by atoms with Crippen molar-refractivity contribution in [2.75, 3.05) is 0 Å². The lowest BCUT2D eigenvalue weighted by atomic mass is 9.84. The van der Waals surface area contributed by atoms with Crippen molar-refractivity contribution < 1.29 is 0 Å². The van der Waals surface area contributed by atoms with Crippen molar-refractivity contribution in [2.24, 2.45) is 5.92 Å². The molecule has 3 heteroatoms. The van der Waals surface area contributed by atoms with Crippen LogP contribution >= 0.6 is 11.6 Å². The Hall–Kier alpha value is -0.990. The fourth-order valence-electron chi connectivity index (χ4n) is 3.35. The van der Waals surface area contributed by atoms with E-state index in [0.29, 0.717) is 6.04 Å². The van der Waals surface area contributed by atoms with Crippen molar-refractivity contribution in [3.05, 3.63) is 35.0 Å². The lowest BCUT2D eigenvalue weighted by Gasteiger charge is -2.28. The third-order valence-electron chi connectivity index (χ3n) is 4.67. The molecule has 2 nitrogen and oxygen atoms in total. The standard InChI is InChI=1S/C17H23ClN2/c1-12(13-7-3-2-4-8-13)19-11-16-17(18)14-9-5-6-10-15(14)20-16/h5-6,9-10,12-13,19-20H,2-4,7-8,11H2,1H3. The zero-order valence-electron chi connectivity index (χ0n) is 12.1. The number of rotatable bonds is 4. The minimum absolute atomic E-state index is 0.567. The van der Waals surface area contributed by atoms with Crippen LogP contribution in [-0.4, -0.2) is 11.0 Å². The van der Waals surface area contributed by atoms with Crippen molar-refractivity contribution in [1.82, 2.24) is 10.3 Å². The van der Waals surface area contributed by atoms with Gasteiger partial charge in [-0.25, -0.2) is 0 Å². The number of hydrogen-bond donors (Lipinski definition) is 2. The summed E-state index contributed by atoms with van der Waals surface area (Å²) in [5.41, 5.74) is 2.23. The van der Waals surface area contributed by atoms with Gasteiger partial charge in [-0.2, -0.15) is 0 Å². The first-order valence-electron chi connectivity index (χ1n) is 7.74. The zero-order valence-corrected chi connectivity index (χ0v) is 12.8. The highest BCUT2D eigenvalue weighted by atomic mass is 35.5. The highest BCUT2D eigenvalue weighted by Gasteiger charge is 2.20. The molecule has 0 bridgehead atoms. The molecule has 1 fully saturated rings. The van der Waals surface area contributed by atoms with E-state index in [2.05, 4.69) is 29.4 Å². The van der Waals surface area contributed by atoms with Gasteiger partial charge in [0.1, 0.15) is 0 Å². The first kappa shape index (κ1) is 14.0. The van der Waals surface area contributed by atoms with Gasteiger partial charge in [-0.15, -0.1) is 0 Å². The van der Waals surface area contributed by atoms with E-state index in [4.69, 9.17) is 11.6 Å². The van der Waals surface area contributed by atoms with Crippen LogP contribution in [0.5, 0.6) is 0 Å². The van der Waals surface area contributed by atoms with E-state index in [0.717, 1.165) is 34.1 Å². The molecule has 0 aliphatic heterocycles. The first-order chi connectivity index (χ1) is 9.75. The van der Waals surface area contributed by atoms with E-state index in [1.54, 1.807) is 0 Å². The summed E-state index contributed by atoms with van der Waals surface area (Å²) in [6, 6.07) is 8.79. The smallest absolute Gasteiger partial charge is 0.0705 e. The van der Waals surface area contributed by atoms with E-state index < -0.39 is 0 Å². The molecule has 0 radical (unpaired) electrons. The summed E-state index contributed by atoms with van der Waals surface area (Å²) >= 11 is 6.46. The van der Waals surface area contributed by atoms with Crippen LogP contribution < -0.4 is 5.32 Å². The molecule has 0 saturated heterocycles. The molecule has 1 saturated carbocycles. The van der Waals surface area contributed by atoms with Crippen molar-refractivity contribution in [3.8, 4) is 0 Å². The highest BCUT2D eigenvalue weighted by Crippen LogP contribution is 2.29. The van der Waals surface area contributed by atoms with E-state index in [9.17, 15) is 0 Å². The molecule has 1 unspecified atom stereocenters. The maximum atomic E-state index is 6.46. The summed E-state index contributed by atoms with van der Waals surface area (Å²) < 4.78 is 0. The van der Waals surface area contributed by atoms with Crippen LogP contribution in [0.15, 0.2) is 24.3 Å². The summed E-state index contributed by atoms with van der Waals surface area (Å²) in [7, 11) is 0. The summed E-state index contributed by atoms with van der Waals surface area (Å²) in [5.74, 6) is 0.826. The Balaban J connectivity index is 1.65. The fraction of sp³-hybridized carbons (Fsp3) is 0.529. The topological polar surface area (TPSA) is 27.8 Å². The van der Waals surface area contributed by atoms with Crippen LogP contribution in [0.2, 0.25) is 5.02 Å². The van der Waals surface area contributed by atoms with E-state index in [1.807, 2.05) is 12.1 Å². The van der Waals surface area contributed by atoms with Gasteiger partial charge < -0.3 is 10.3 Å². The minimum atomic E-state index is 0.567. The Morgan fingerprint density at radius 2 is 2.00 bits per heavy atom. The lowest BCUT2D eigenvalue weighted by Crippen LogP contribution is -2.34. The number of hydrogen-bond acceptors (Lipinski definition) is 1. The van der Waals surface area contributed by atoms with Gasteiger partial charge >= 0.3 is 0 Å². The number of aromatic nitrogens is 1. The molecule has 2 aromatic rings. The Bertz CT molecular complexity index is 569. The van der Waals surface area contributed by atoms with Gasteiger partial charge in [0, 0.05) is 29.2 Å². The monoisotopic (exact) mass is 290 g/mol. The molecule has 1 aliphatic rings. The van der Waals surface area contributed by atoms with Crippen molar-refractivity contribution in [2.45, 2.75) is 51.6 Å². The summed E-state index contributed by atoms with van der Waals surface area (Å²) in [5, 5.41) is 5.64. The lowest BCUT2D eigenvalue weighted by molar-refractivity contribution is 0.280. The van der Waals surface area contributed by atoms with Gasteiger partial charge in [0.05, 0.1) is 5.02 Å². The molecule has 1 aromatic heterocycles. The van der Waals surface area contributed by atoms with Gasteiger partial charge in [-0.05, 0) is 31.7 Å². The zero-order chi connectivity index (χ0) is 13.9. The SMILES string of the molecule is CC(NCc1[nH]c2ccccc2c1Cl)C1CCCCC1. The average Bonchev–Trinajstić information content (AvgIpc) is 2.83. The van der Waals surface area contributed by atoms with Crippen LogP contribution in [0.1, 0.15) is 44.7 Å². The maximum absolute atomic E-state index is 6.46. The third kappa shape index (κ3) is 2.87. The molecule has 1 heterocycles. The third-order valence-corrected chi connectivity index (χ3v) is 5.10. The molecule has 2 N–H and O–H groups in total. The van der Waals surface area contributed by atoms with Gasteiger partial charge in [0.15, 0.2) is 0 Å². The Labute approximate surface area is 125 Å². The Morgan fingerprint density at radius 3 is 2.75 bits per heavy atom. The second-order valence-electron chi connectivity index (χ2n) is 6.03. The summed E-state index contributed by atoms with van der Waals surface area (Å²) in [6.07, 6.45) is 6.94. The Kier molecular flexibility index (Phi) is 4.32. The molecular weight excluding hydrogens is 268 g/mol. The first-order valence-corrected chi connectivity index (χ1v) is 8.12. The quantitative estimate of drug-likeness (QED) is 0.825. The number of H-pyrrole nitrogens is 1. The van der Waals surface area contributed by atoms with Crippen LogP contribution in [0.4, 0.5) is 0 Å². The number of nitrogens with one attached hydrogen (secondary N) is 2. The van der Waals surface area contributed by atoms with Crippen LogP contribution in [-0.2, 0) is 6.54 Å². The Morgan fingerprint density at radius 1 is 1.25 bits per heavy atom. The molecule has 1 atom stereocenters. The highest BCUT2D eigenvalue weighted by molar-refractivity contribution is 6.36. The molecule has 20 heavy (non-hydrogen) atoms. The second kappa shape index (κ2) is 6.19. The number of para-hydroxylation sites is 1. The van der Waals surface area contributed by atoms with Crippen LogP contribution in [0.25, 0.3) is 10.9 Å². The average molecular weight is 291 g/mol. The van der Waals surface area contributed by atoms with Crippen LogP contribution in [0.3, 0.4) is 0 Å².